The third-order valence-electron chi connectivity index (χ3n) is 4.34. The number of ether oxygens (including phenoxy) is 1. The molecule has 1 N–H and O–H groups in total. The molecule has 1 atom stereocenters. The van der Waals surface area contributed by atoms with Crippen LogP contribution in [0, 0.1) is 0 Å². The molecule has 1 aromatic carbocycles. The van der Waals surface area contributed by atoms with Crippen molar-refractivity contribution in [3.8, 4) is 6.01 Å². The van der Waals surface area contributed by atoms with Crippen molar-refractivity contribution in [3.05, 3.63) is 82.9 Å². The predicted octanol–water partition coefficient (Wildman–Crippen LogP) is 4.44. The molecule has 0 aliphatic heterocycles. The van der Waals surface area contributed by atoms with Gasteiger partial charge in [-0.15, -0.1) is 0 Å². The van der Waals surface area contributed by atoms with Crippen molar-refractivity contribution >= 4 is 5.91 Å². The lowest BCUT2D eigenvalue weighted by molar-refractivity contribution is -0.139. The summed E-state index contributed by atoms with van der Waals surface area (Å²) in [4.78, 5) is 23.9. The van der Waals surface area contributed by atoms with Crippen molar-refractivity contribution in [1.29, 1.82) is 0 Å². The predicted molar refractivity (Wildman–Crippen MR) is 98.6 cm³/mol. The first kappa shape index (κ1) is 23.0. The number of aromatic nitrogens is 3. The summed E-state index contributed by atoms with van der Waals surface area (Å²) >= 11 is 0. The number of carbonyl (C=O) groups excluding carboxylic acids is 1. The first-order chi connectivity index (χ1) is 15.0. The lowest BCUT2D eigenvalue weighted by atomic mass is 9.97. The molecule has 0 bridgehead atoms. The van der Waals surface area contributed by atoms with Gasteiger partial charge in [-0.25, -0.2) is 9.97 Å². The van der Waals surface area contributed by atoms with Gasteiger partial charge >= 0.3 is 18.4 Å². The first-order valence-corrected chi connectivity index (χ1v) is 8.87. The number of halogens is 6. The quantitative estimate of drug-likeness (QED) is 0.575. The molecule has 168 valence electrons. The van der Waals surface area contributed by atoms with E-state index in [1.807, 2.05) is 0 Å². The van der Waals surface area contributed by atoms with Gasteiger partial charge in [0.05, 0.1) is 35.5 Å². The standard InChI is InChI=1S/C20H14F6N4O2/c1-32-18-28-9-12(10-29-18)17(31)30-15(11-4-6-13(7-5-11)19(21,22)23)16-14(20(24,25)26)3-2-8-27-16/h2-10,15H,1H3,(H,30,31). The number of hydrogen-bond acceptors (Lipinski definition) is 5. The zero-order valence-corrected chi connectivity index (χ0v) is 16.2. The van der Waals surface area contributed by atoms with E-state index in [4.69, 9.17) is 4.74 Å². The van der Waals surface area contributed by atoms with Gasteiger partial charge in [-0.2, -0.15) is 26.3 Å². The molecule has 0 spiro atoms. The molecule has 12 heteroatoms. The van der Waals surface area contributed by atoms with E-state index in [-0.39, 0.29) is 17.1 Å². The van der Waals surface area contributed by atoms with Gasteiger partial charge in [-0.3, -0.25) is 9.78 Å². The van der Waals surface area contributed by atoms with Gasteiger partial charge in [0, 0.05) is 18.6 Å². The molecule has 0 fully saturated rings. The number of carbonyl (C=O) groups is 1. The monoisotopic (exact) mass is 456 g/mol. The molecule has 32 heavy (non-hydrogen) atoms. The maximum absolute atomic E-state index is 13.6. The molecule has 0 saturated carbocycles. The SMILES string of the molecule is COc1ncc(C(=O)NC(c2ccc(C(F)(F)F)cc2)c2ncccc2C(F)(F)F)cn1. The fourth-order valence-corrected chi connectivity index (χ4v) is 2.81. The third-order valence-corrected chi connectivity index (χ3v) is 4.34. The van der Waals surface area contributed by atoms with Crippen molar-refractivity contribution in [3.63, 3.8) is 0 Å². The summed E-state index contributed by atoms with van der Waals surface area (Å²) in [5.74, 6) is -0.865. The van der Waals surface area contributed by atoms with Crippen LogP contribution >= 0.6 is 0 Å². The van der Waals surface area contributed by atoms with Crippen LogP contribution < -0.4 is 10.1 Å². The van der Waals surface area contributed by atoms with Crippen LogP contribution in [-0.4, -0.2) is 28.0 Å². The highest BCUT2D eigenvalue weighted by atomic mass is 19.4. The Morgan fingerprint density at radius 2 is 1.56 bits per heavy atom. The van der Waals surface area contributed by atoms with E-state index in [0.29, 0.717) is 12.1 Å². The maximum atomic E-state index is 13.6. The molecule has 2 heterocycles. The number of benzene rings is 1. The van der Waals surface area contributed by atoms with Crippen molar-refractivity contribution < 1.29 is 35.9 Å². The van der Waals surface area contributed by atoms with Crippen LogP contribution in [0.1, 0.15) is 38.8 Å². The second-order valence-corrected chi connectivity index (χ2v) is 6.42. The Hall–Kier alpha value is -3.70. The summed E-state index contributed by atoms with van der Waals surface area (Å²) in [5, 5.41) is 2.37. The molecule has 2 aromatic heterocycles. The molecule has 3 aromatic rings. The highest BCUT2D eigenvalue weighted by molar-refractivity contribution is 5.94. The van der Waals surface area contributed by atoms with Crippen LogP contribution in [-0.2, 0) is 12.4 Å². The van der Waals surface area contributed by atoms with Crippen molar-refractivity contribution in [2.24, 2.45) is 0 Å². The van der Waals surface area contributed by atoms with Crippen molar-refractivity contribution in [1.82, 2.24) is 20.3 Å². The summed E-state index contributed by atoms with van der Waals surface area (Å²) in [5.41, 5.74) is -2.86. The van der Waals surface area contributed by atoms with Crippen LogP contribution in [0.4, 0.5) is 26.3 Å². The van der Waals surface area contributed by atoms with Crippen LogP contribution in [0.25, 0.3) is 0 Å². The fourth-order valence-electron chi connectivity index (χ4n) is 2.81. The molecule has 0 aliphatic rings. The molecule has 6 nitrogen and oxygen atoms in total. The minimum Gasteiger partial charge on any atom is -0.467 e. The second kappa shape index (κ2) is 8.81. The van der Waals surface area contributed by atoms with Gasteiger partial charge in [0.1, 0.15) is 0 Å². The van der Waals surface area contributed by atoms with E-state index in [9.17, 15) is 31.1 Å². The topological polar surface area (TPSA) is 77.0 Å². The largest absolute Gasteiger partial charge is 0.467 e. The van der Waals surface area contributed by atoms with Gasteiger partial charge in [0.2, 0.25) is 0 Å². The maximum Gasteiger partial charge on any atom is 0.418 e. The molecule has 0 saturated heterocycles. The molecule has 1 amide bonds. The third kappa shape index (κ3) is 5.13. The lowest BCUT2D eigenvalue weighted by Crippen LogP contribution is -2.32. The van der Waals surface area contributed by atoms with Gasteiger partial charge in [-0.05, 0) is 29.8 Å². The van der Waals surface area contributed by atoms with E-state index >= 15 is 0 Å². The number of pyridine rings is 1. The zero-order chi connectivity index (χ0) is 23.5. The van der Waals surface area contributed by atoms with E-state index in [2.05, 4.69) is 20.3 Å². The summed E-state index contributed by atoms with van der Waals surface area (Å²) in [7, 11) is 1.30. The minimum atomic E-state index is -4.82. The van der Waals surface area contributed by atoms with Gasteiger partial charge in [0.15, 0.2) is 0 Å². The Morgan fingerprint density at radius 1 is 0.938 bits per heavy atom. The number of amides is 1. The summed E-state index contributed by atoms with van der Waals surface area (Å²) in [6.45, 7) is 0. The van der Waals surface area contributed by atoms with Crippen LogP contribution in [0.5, 0.6) is 6.01 Å². The first-order valence-electron chi connectivity index (χ1n) is 8.87. The van der Waals surface area contributed by atoms with Crippen molar-refractivity contribution in [2.75, 3.05) is 7.11 Å². The second-order valence-electron chi connectivity index (χ2n) is 6.42. The lowest BCUT2D eigenvalue weighted by Gasteiger charge is -2.22. The number of rotatable bonds is 5. The average Bonchev–Trinajstić information content (AvgIpc) is 2.76. The summed E-state index contributed by atoms with van der Waals surface area (Å²) in [6.07, 6.45) is -6.19. The number of alkyl halides is 6. The van der Waals surface area contributed by atoms with E-state index in [1.54, 1.807) is 0 Å². The Labute approximate surface area is 177 Å². The Balaban J connectivity index is 2.05. The normalized spacial score (nSPS) is 12.8. The van der Waals surface area contributed by atoms with E-state index in [1.165, 1.54) is 7.11 Å². The molecule has 3 rings (SSSR count). The fraction of sp³-hybridized carbons (Fsp3) is 0.200. The van der Waals surface area contributed by atoms with Crippen molar-refractivity contribution in [2.45, 2.75) is 18.4 Å². The molecule has 1 unspecified atom stereocenters. The number of nitrogens with one attached hydrogen (secondary N) is 1. The van der Waals surface area contributed by atoms with Crippen LogP contribution in [0.2, 0.25) is 0 Å². The number of hydrogen-bond donors (Lipinski definition) is 1. The Bertz CT molecular complexity index is 1080. The van der Waals surface area contributed by atoms with Crippen LogP contribution in [0.3, 0.4) is 0 Å². The zero-order valence-electron chi connectivity index (χ0n) is 16.2. The average molecular weight is 456 g/mol. The number of nitrogens with zero attached hydrogens (tertiary/aromatic N) is 3. The molecule has 0 aliphatic carbocycles. The molecular weight excluding hydrogens is 442 g/mol. The smallest absolute Gasteiger partial charge is 0.418 e. The Kier molecular flexibility index (Phi) is 6.32. The molecular formula is C20H14F6N4O2. The highest BCUT2D eigenvalue weighted by Crippen LogP contribution is 2.36. The molecule has 0 radical (unpaired) electrons. The minimum absolute atomic E-state index is 0.0371. The van der Waals surface area contributed by atoms with E-state index < -0.39 is 41.1 Å². The summed E-state index contributed by atoms with van der Waals surface area (Å²) in [6, 6.07) is 3.66. The number of methoxy groups -OCH3 is 1. The van der Waals surface area contributed by atoms with E-state index in [0.717, 1.165) is 42.9 Å². The van der Waals surface area contributed by atoms with Crippen LogP contribution in [0.15, 0.2) is 55.0 Å². The highest BCUT2D eigenvalue weighted by Gasteiger charge is 2.37. The van der Waals surface area contributed by atoms with Gasteiger partial charge < -0.3 is 10.1 Å². The van der Waals surface area contributed by atoms with Gasteiger partial charge in [0.25, 0.3) is 5.91 Å². The summed E-state index contributed by atoms with van der Waals surface area (Å²) < 4.78 is 84.1. The Morgan fingerprint density at radius 3 is 2.09 bits per heavy atom. The van der Waals surface area contributed by atoms with Gasteiger partial charge in [-0.1, -0.05) is 12.1 Å².